The van der Waals surface area contributed by atoms with Gasteiger partial charge in [-0.1, -0.05) is 30.3 Å². The predicted octanol–water partition coefficient (Wildman–Crippen LogP) is 0.928. The number of nitrogens with one attached hydrogen (secondary N) is 1. The number of hydrogen-bond acceptors (Lipinski definition) is 3. The minimum absolute atomic E-state index is 0.139. The van der Waals surface area contributed by atoms with Gasteiger partial charge in [0.15, 0.2) is 0 Å². The average Bonchev–Trinajstić information content (AvgIpc) is 2.77. The highest BCUT2D eigenvalue weighted by Gasteiger charge is 2.33. The van der Waals surface area contributed by atoms with E-state index in [-0.39, 0.29) is 12.1 Å². The Morgan fingerprint density at radius 1 is 1.33 bits per heavy atom. The highest BCUT2D eigenvalue weighted by atomic mass is 16.5. The fraction of sp³-hybridized carbons (Fsp3) is 0.500. The Morgan fingerprint density at radius 2 is 2.13 bits per heavy atom. The van der Waals surface area contributed by atoms with Crippen LogP contribution in [-0.2, 0) is 11.3 Å². The van der Waals surface area contributed by atoms with Crippen molar-refractivity contribution in [3.05, 3.63) is 35.9 Å². The second kappa shape index (κ2) is 4.75. The first kappa shape index (κ1) is 10.6. The van der Waals surface area contributed by atoms with Crippen molar-refractivity contribution >= 4 is 0 Å². The van der Waals surface area contributed by atoms with Gasteiger partial charge in [-0.05, 0) is 12.0 Å². The lowest BCUT2D eigenvalue weighted by Crippen LogP contribution is -2.48. The fourth-order valence-corrected chi connectivity index (χ4v) is 1.81. The van der Waals surface area contributed by atoms with E-state index in [1.165, 1.54) is 5.56 Å². The number of aliphatic hydroxyl groups is 1. The summed E-state index contributed by atoms with van der Waals surface area (Å²) in [5.41, 5.74) is 1.01. The molecule has 82 valence electrons. The summed E-state index contributed by atoms with van der Waals surface area (Å²) < 4.78 is 5.32. The fourth-order valence-electron chi connectivity index (χ4n) is 1.81. The second-order valence-corrected chi connectivity index (χ2v) is 4.08. The Balaban J connectivity index is 1.92. The largest absolute Gasteiger partial charge is 0.394 e. The SMILES string of the molecule is OCC1(NCc2ccccc2)CCOC1. The molecule has 1 aromatic carbocycles. The van der Waals surface area contributed by atoms with Gasteiger partial charge >= 0.3 is 0 Å². The van der Waals surface area contributed by atoms with Gasteiger partial charge in [0.1, 0.15) is 0 Å². The first-order valence-electron chi connectivity index (χ1n) is 5.32. The molecule has 0 aromatic heterocycles. The van der Waals surface area contributed by atoms with Gasteiger partial charge < -0.3 is 15.2 Å². The molecule has 1 aliphatic heterocycles. The molecule has 1 fully saturated rings. The molecule has 15 heavy (non-hydrogen) atoms. The van der Waals surface area contributed by atoms with Gasteiger partial charge in [0.25, 0.3) is 0 Å². The van der Waals surface area contributed by atoms with Crippen molar-refractivity contribution < 1.29 is 9.84 Å². The van der Waals surface area contributed by atoms with E-state index in [0.29, 0.717) is 6.61 Å². The zero-order chi connectivity index (χ0) is 10.6. The maximum absolute atomic E-state index is 9.35. The van der Waals surface area contributed by atoms with Gasteiger partial charge in [0.2, 0.25) is 0 Å². The standard InChI is InChI=1S/C12H17NO2/c14-9-12(6-7-15-10-12)13-8-11-4-2-1-3-5-11/h1-5,13-14H,6-10H2. The lowest BCUT2D eigenvalue weighted by molar-refractivity contribution is 0.120. The molecule has 1 atom stereocenters. The number of ether oxygens (including phenoxy) is 1. The van der Waals surface area contributed by atoms with Crippen LogP contribution in [0, 0.1) is 0 Å². The monoisotopic (exact) mass is 207 g/mol. The zero-order valence-electron chi connectivity index (χ0n) is 8.78. The van der Waals surface area contributed by atoms with Crippen LogP contribution < -0.4 is 5.32 Å². The Kier molecular flexibility index (Phi) is 3.36. The molecule has 1 heterocycles. The lowest BCUT2D eigenvalue weighted by Gasteiger charge is -2.26. The number of aliphatic hydroxyl groups excluding tert-OH is 1. The first-order chi connectivity index (χ1) is 7.35. The molecular weight excluding hydrogens is 190 g/mol. The summed E-state index contributed by atoms with van der Waals surface area (Å²) in [7, 11) is 0. The molecule has 0 bridgehead atoms. The number of benzene rings is 1. The maximum Gasteiger partial charge on any atom is 0.0675 e. The van der Waals surface area contributed by atoms with Crippen molar-refractivity contribution in [3.8, 4) is 0 Å². The number of hydrogen-bond donors (Lipinski definition) is 2. The third kappa shape index (κ3) is 2.56. The van der Waals surface area contributed by atoms with Crippen molar-refractivity contribution in [2.45, 2.75) is 18.5 Å². The van der Waals surface area contributed by atoms with Crippen LogP contribution in [0.1, 0.15) is 12.0 Å². The molecule has 0 radical (unpaired) electrons. The number of rotatable bonds is 4. The van der Waals surface area contributed by atoms with E-state index in [9.17, 15) is 5.11 Å². The molecule has 0 saturated carbocycles. The first-order valence-corrected chi connectivity index (χ1v) is 5.32. The summed E-state index contributed by atoms with van der Waals surface area (Å²) in [6.07, 6.45) is 0.885. The third-order valence-corrected chi connectivity index (χ3v) is 2.92. The van der Waals surface area contributed by atoms with E-state index in [1.54, 1.807) is 0 Å². The molecule has 0 aliphatic carbocycles. The molecule has 1 saturated heterocycles. The van der Waals surface area contributed by atoms with Crippen LogP contribution in [0.25, 0.3) is 0 Å². The van der Waals surface area contributed by atoms with E-state index in [2.05, 4.69) is 17.4 Å². The minimum Gasteiger partial charge on any atom is -0.394 e. The van der Waals surface area contributed by atoms with Crippen molar-refractivity contribution in [3.63, 3.8) is 0 Å². The smallest absolute Gasteiger partial charge is 0.0675 e. The van der Waals surface area contributed by atoms with Gasteiger partial charge in [-0.25, -0.2) is 0 Å². The quantitative estimate of drug-likeness (QED) is 0.771. The summed E-state index contributed by atoms with van der Waals surface area (Å²) in [6.45, 7) is 2.27. The highest BCUT2D eigenvalue weighted by molar-refractivity contribution is 5.14. The Bertz CT molecular complexity index is 294. The average molecular weight is 207 g/mol. The second-order valence-electron chi connectivity index (χ2n) is 4.08. The molecule has 3 heteroatoms. The van der Waals surface area contributed by atoms with Crippen molar-refractivity contribution in [1.82, 2.24) is 5.32 Å². The maximum atomic E-state index is 9.35. The lowest BCUT2D eigenvalue weighted by atomic mass is 9.99. The molecule has 3 nitrogen and oxygen atoms in total. The summed E-state index contributed by atoms with van der Waals surface area (Å²) in [5.74, 6) is 0. The third-order valence-electron chi connectivity index (χ3n) is 2.92. The van der Waals surface area contributed by atoms with Gasteiger partial charge in [0, 0.05) is 13.2 Å². The van der Waals surface area contributed by atoms with Crippen LogP contribution in [-0.4, -0.2) is 30.5 Å². The highest BCUT2D eigenvalue weighted by Crippen LogP contribution is 2.18. The van der Waals surface area contributed by atoms with Crippen LogP contribution in [0.15, 0.2) is 30.3 Å². The van der Waals surface area contributed by atoms with Crippen LogP contribution in [0.2, 0.25) is 0 Å². The molecule has 0 spiro atoms. The Labute approximate surface area is 90.1 Å². The molecular formula is C12H17NO2. The van der Waals surface area contributed by atoms with Gasteiger partial charge in [-0.2, -0.15) is 0 Å². The van der Waals surface area contributed by atoms with E-state index in [4.69, 9.17) is 4.74 Å². The van der Waals surface area contributed by atoms with E-state index in [0.717, 1.165) is 19.6 Å². The van der Waals surface area contributed by atoms with Crippen molar-refractivity contribution in [1.29, 1.82) is 0 Å². The van der Waals surface area contributed by atoms with E-state index >= 15 is 0 Å². The van der Waals surface area contributed by atoms with Crippen LogP contribution in [0.3, 0.4) is 0 Å². The van der Waals surface area contributed by atoms with Gasteiger partial charge in [-0.15, -0.1) is 0 Å². The van der Waals surface area contributed by atoms with Gasteiger partial charge in [0.05, 0.1) is 18.8 Å². The van der Waals surface area contributed by atoms with Gasteiger partial charge in [-0.3, -0.25) is 0 Å². The molecule has 1 unspecified atom stereocenters. The van der Waals surface area contributed by atoms with E-state index in [1.807, 2.05) is 18.2 Å². The molecule has 1 aliphatic rings. The summed E-state index contributed by atoms with van der Waals surface area (Å²) in [4.78, 5) is 0. The van der Waals surface area contributed by atoms with E-state index < -0.39 is 0 Å². The molecule has 1 aromatic rings. The topological polar surface area (TPSA) is 41.5 Å². The molecule has 2 rings (SSSR count). The molecule has 2 N–H and O–H groups in total. The predicted molar refractivity (Wildman–Crippen MR) is 58.5 cm³/mol. The zero-order valence-corrected chi connectivity index (χ0v) is 8.78. The summed E-state index contributed by atoms with van der Waals surface area (Å²) in [6, 6.07) is 10.2. The Hall–Kier alpha value is -0.900. The normalized spacial score (nSPS) is 25.7. The Morgan fingerprint density at radius 3 is 2.73 bits per heavy atom. The van der Waals surface area contributed by atoms with Crippen LogP contribution in [0.4, 0.5) is 0 Å². The molecule has 0 amide bonds. The summed E-state index contributed by atoms with van der Waals surface area (Å²) >= 11 is 0. The minimum atomic E-state index is -0.226. The van der Waals surface area contributed by atoms with Crippen LogP contribution in [0.5, 0.6) is 0 Å². The summed E-state index contributed by atoms with van der Waals surface area (Å²) in [5, 5.41) is 12.7. The van der Waals surface area contributed by atoms with Crippen LogP contribution >= 0.6 is 0 Å². The van der Waals surface area contributed by atoms with Crippen molar-refractivity contribution in [2.75, 3.05) is 19.8 Å². The van der Waals surface area contributed by atoms with Crippen molar-refractivity contribution in [2.24, 2.45) is 0 Å².